The van der Waals surface area contributed by atoms with Crippen LogP contribution in [-0.4, -0.2) is 57.5 Å². The molecule has 0 bridgehead atoms. The van der Waals surface area contributed by atoms with Crippen molar-refractivity contribution in [1.82, 2.24) is 24.6 Å². The molecule has 0 saturated heterocycles. The minimum Gasteiger partial charge on any atom is -0.300 e. The first-order valence-electron chi connectivity index (χ1n) is 13.3. The number of alkyl halides is 3. The zero-order valence-electron chi connectivity index (χ0n) is 22.5. The Labute approximate surface area is 222 Å². The molecule has 1 atom stereocenters. The molecule has 1 unspecified atom stereocenters. The molecule has 1 aromatic heterocycles. The number of nitrogens with zero attached hydrogens (tertiary/aromatic N) is 5. The summed E-state index contributed by atoms with van der Waals surface area (Å²) in [5.41, 5.74) is -0.770. The van der Waals surface area contributed by atoms with Crippen molar-refractivity contribution in [2.24, 2.45) is 5.92 Å². The molecule has 204 valence electrons. The first-order valence-corrected chi connectivity index (χ1v) is 13.3. The SMILES string of the molecule is CCCC(c1nnc(CN(CC)CC2CC2)n1-c1c(C(=O)c2ccccc2)cccc1C(F)(F)F)N(C)C. The lowest BCUT2D eigenvalue weighted by Crippen LogP contribution is -2.29. The molecule has 9 heteroatoms. The zero-order valence-corrected chi connectivity index (χ0v) is 22.5. The smallest absolute Gasteiger partial charge is 0.300 e. The normalized spacial score (nSPS) is 14.9. The van der Waals surface area contributed by atoms with Crippen LogP contribution in [0.15, 0.2) is 48.5 Å². The van der Waals surface area contributed by atoms with E-state index in [1.165, 1.54) is 29.5 Å². The van der Waals surface area contributed by atoms with Crippen LogP contribution in [-0.2, 0) is 12.7 Å². The van der Waals surface area contributed by atoms with E-state index in [-0.39, 0.29) is 17.3 Å². The molecular weight excluding hydrogens is 491 g/mol. The summed E-state index contributed by atoms with van der Waals surface area (Å²) in [6.07, 6.45) is -0.857. The van der Waals surface area contributed by atoms with E-state index in [1.54, 1.807) is 30.3 Å². The molecule has 1 aliphatic rings. The summed E-state index contributed by atoms with van der Waals surface area (Å²) in [5.74, 6) is 0.954. The van der Waals surface area contributed by atoms with Gasteiger partial charge in [0, 0.05) is 17.7 Å². The largest absolute Gasteiger partial charge is 0.418 e. The molecule has 4 rings (SSSR count). The minimum atomic E-state index is -4.68. The van der Waals surface area contributed by atoms with Crippen molar-refractivity contribution in [2.75, 3.05) is 27.2 Å². The summed E-state index contributed by atoms with van der Waals surface area (Å²) in [4.78, 5) is 17.8. The fourth-order valence-corrected chi connectivity index (χ4v) is 4.90. The number of halogens is 3. The van der Waals surface area contributed by atoms with Crippen molar-refractivity contribution in [2.45, 2.75) is 58.3 Å². The lowest BCUT2D eigenvalue weighted by molar-refractivity contribution is -0.137. The fraction of sp³-hybridized carbons (Fsp3) is 0.483. The number of carbonyl (C=O) groups is 1. The van der Waals surface area contributed by atoms with Gasteiger partial charge < -0.3 is 0 Å². The van der Waals surface area contributed by atoms with Gasteiger partial charge in [0.05, 0.1) is 23.8 Å². The lowest BCUT2D eigenvalue weighted by atomic mass is 9.97. The van der Waals surface area contributed by atoms with E-state index in [2.05, 4.69) is 15.1 Å². The van der Waals surface area contributed by atoms with Crippen molar-refractivity contribution in [3.63, 3.8) is 0 Å². The molecule has 0 radical (unpaired) electrons. The van der Waals surface area contributed by atoms with Crippen LogP contribution >= 0.6 is 0 Å². The molecule has 0 aliphatic heterocycles. The monoisotopic (exact) mass is 527 g/mol. The van der Waals surface area contributed by atoms with Crippen molar-refractivity contribution in [1.29, 1.82) is 0 Å². The highest BCUT2D eigenvalue weighted by Crippen LogP contribution is 2.39. The van der Waals surface area contributed by atoms with Crippen LogP contribution in [0.1, 0.15) is 78.7 Å². The Balaban J connectivity index is 1.97. The Kier molecular flexibility index (Phi) is 8.67. The maximum atomic E-state index is 14.6. The zero-order chi connectivity index (χ0) is 27.4. The van der Waals surface area contributed by atoms with Gasteiger partial charge in [0.2, 0.25) is 0 Å². The van der Waals surface area contributed by atoms with Crippen molar-refractivity contribution in [3.8, 4) is 5.69 Å². The third-order valence-corrected chi connectivity index (χ3v) is 7.11. The number of rotatable bonds is 12. The summed E-state index contributed by atoms with van der Waals surface area (Å²) in [7, 11) is 3.77. The summed E-state index contributed by atoms with van der Waals surface area (Å²) >= 11 is 0. The molecule has 1 aliphatic carbocycles. The topological polar surface area (TPSA) is 54.3 Å². The molecule has 1 heterocycles. The number of hydrogen-bond acceptors (Lipinski definition) is 5. The average molecular weight is 528 g/mol. The van der Waals surface area contributed by atoms with E-state index >= 15 is 0 Å². The van der Waals surface area contributed by atoms with Crippen LogP contribution in [0.3, 0.4) is 0 Å². The molecule has 1 saturated carbocycles. The molecule has 1 fully saturated rings. The standard InChI is InChI=1S/C29H36F3N5O/c1-5-11-24(35(3)4)28-34-33-25(19-36(6-2)18-20-16-17-20)37(28)26-22(14-10-15-23(26)29(30,31)32)27(38)21-12-8-7-9-13-21/h7-10,12-15,20,24H,5-6,11,16-19H2,1-4H3. The third kappa shape index (κ3) is 6.15. The summed E-state index contributed by atoms with van der Waals surface area (Å²) in [6.45, 7) is 6.01. The van der Waals surface area contributed by atoms with Gasteiger partial charge in [-0.15, -0.1) is 10.2 Å². The molecule has 0 spiro atoms. The van der Waals surface area contributed by atoms with Gasteiger partial charge in [-0.1, -0.05) is 56.7 Å². The van der Waals surface area contributed by atoms with Gasteiger partial charge in [-0.05, 0) is 58.0 Å². The van der Waals surface area contributed by atoms with Gasteiger partial charge in [0.1, 0.15) is 0 Å². The molecule has 6 nitrogen and oxygen atoms in total. The Morgan fingerprint density at radius 3 is 2.34 bits per heavy atom. The second kappa shape index (κ2) is 11.8. The number of benzene rings is 2. The van der Waals surface area contributed by atoms with Gasteiger partial charge >= 0.3 is 6.18 Å². The third-order valence-electron chi connectivity index (χ3n) is 7.11. The van der Waals surface area contributed by atoms with Gasteiger partial charge in [-0.25, -0.2) is 0 Å². The average Bonchev–Trinajstić information content (AvgIpc) is 3.63. The Hall–Kier alpha value is -3.04. The molecule has 0 amide bonds. The highest BCUT2D eigenvalue weighted by molar-refractivity contribution is 6.11. The second-order valence-corrected chi connectivity index (χ2v) is 10.2. The Morgan fingerprint density at radius 1 is 1.05 bits per heavy atom. The van der Waals surface area contributed by atoms with Gasteiger partial charge in [0.25, 0.3) is 0 Å². The van der Waals surface area contributed by atoms with Crippen LogP contribution < -0.4 is 0 Å². The van der Waals surface area contributed by atoms with E-state index in [0.29, 0.717) is 36.1 Å². The number of para-hydroxylation sites is 1. The first-order chi connectivity index (χ1) is 18.2. The molecule has 3 aromatic rings. The quantitative estimate of drug-likeness (QED) is 0.265. The molecular formula is C29H36F3N5O. The van der Waals surface area contributed by atoms with Crippen LogP contribution in [0.5, 0.6) is 0 Å². The van der Waals surface area contributed by atoms with Crippen molar-refractivity contribution < 1.29 is 18.0 Å². The predicted molar refractivity (Wildman–Crippen MR) is 141 cm³/mol. The summed E-state index contributed by atoms with van der Waals surface area (Å²) in [5, 5.41) is 8.93. The van der Waals surface area contributed by atoms with E-state index in [4.69, 9.17) is 0 Å². The van der Waals surface area contributed by atoms with E-state index in [0.717, 1.165) is 25.6 Å². The molecule has 0 N–H and O–H groups in total. The van der Waals surface area contributed by atoms with Crippen LogP contribution in [0.4, 0.5) is 13.2 Å². The van der Waals surface area contributed by atoms with Gasteiger partial charge in [-0.2, -0.15) is 13.2 Å². The highest BCUT2D eigenvalue weighted by atomic mass is 19.4. The summed E-state index contributed by atoms with van der Waals surface area (Å²) < 4.78 is 45.3. The van der Waals surface area contributed by atoms with Crippen LogP contribution in [0, 0.1) is 5.92 Å². The fourth-order valence-electron chi connectivity index (χ4n) is 4.90. The predicted octanol–water partition coefficient (Wildman–Crippen LogP) is 6.15. The summed E-state index contributed by atoms with van der Waals surface area (Å²) in [6, 6.07) is 12.0. The van der Waals surface area contributed by atoms with E-state index in [1.807, 2.05) is 32.8 Å². The molecule has 2 aromatic carbocycles. The van der Waals surface area contributed by atoms with Crippen molar-refractivity contribution >= 4 is 5.78 Å². The maximum Gasteiger partial charge on any atom is 0.418 e. The maximum absolute atomic E-state index is 14.6. The lowest BCUT2D eigenvalue weighted by Gasteiger charge is -2.27. The van der Waals surface area contributed by atoms with Crippen LogP contribution in [0.25, 0.3) is 5.69 Å². The van der Waals surface area contributed by atoms with Crippen molar-refractivity contribution in [3.05, 3.63) is 76.9 Å². The van der Waals surface area contributed by atoms with Gasteiger partial charge in [-0.3, -0.25) is 19.2 Å². The number of carbonyl (C=O) groups excluding carboxylic acids is 1. The van der Waals surface area contributed by atoms with E-state index in [9.17, 15) is 18.0 Å². The Bertz CT molecular complexity index is 1230. The highest BCUT2D eigenvalue weighted by Gasteiger charge is 2.38. The van der Waals surface area contributed by atoms with Gasteiger partial charge in [0.15, 0.2) is 17.4 Å². The number of ketones is 1. The molecule has 38 heavy (non-hydrogen) atoms. The van der Waals surface area contributed by atoms with Crippen LogP contribution in [0.2, 0.25) is 0 Å². The second-order valence-electron chi connectivity index (χ2n) is 10.2. The Morgan fingerprint density at radius 2 is 1.76 bits per heavy atom. The first kappa shape index (κ1) is 28.0. The minimum absolute atomic E-state index is 0.0208. The van der Waals surface area contributed by atoms with E-state index < -0.39 is 17.5 Å². The number of aromatic nitrogens is 3. The number of hydrogen-bond donors (Lipinski definition) is 0.